The summed E-state index contributed by atoms with van der Waals surface area (Å²) in [7, 11) is 0. The van der Waals surface area contributed by atoms with E-state index in [9.17, 15) is 9.90 Å². The molecule has 0 unspecified atom stereocenters. The lowest BCUT2D eigenvalue weighted by Crippen LogP contribution is -2.50. The molecule has 1 saturated carbocycles. The van der Waals surface area contributed by atoms with Crippen LogP contribution in [-0.4, -0.2) is 49.1 Å². The number of hydrogen-bond acceptors (Lipinski definition) is 4. The molecule has 0 radical (unpaired) electrons. The van der Waals surface area contributed by atoms with Crippen molar-refractivity contribution in [3.05, 3.63) is 12.4 Å². The van der Waals surface area contributed by atoms with Crippen molar-refractivity contribution in [1.82, 2.24) is 19.9 Å². The van der Waals surface area contributed by atoms with Gasteiger partial charge in [0.2, 0.25) is 5.91 Å². The summed E-state index contributed by atoms with van der Waals surface area (Å²) in [6.45, 7) is 3.35. The average molecular weight is 306 g/mol. The SMILES string of the molecule is C[C@]1(O)CCCC[C@H]1[C@H]1CCCN1C(=O)CCn1ccnn1. The molecule has 1 amide bonds. The standard InChI is InChI=1S/C16H26N4O2/c1-16(22)8-3-2-5-13(16)14-6-4-10-20(14)15(21)7-11-19-12-9-17-18-19/h9,12-14,22H,2-8,10-11H2,1H3/t13-,14+,16-/m0/s1. The minimum absolute atomic E-state index is 0.180. The van der Waals surface area contributed by atoms with E-state index in [1.807, 2.05) is 11.8 Å². The van der Waals surface area contributed by atoms with Gasteiger partial charge in [-0.1, -0.05) is 18.1 Å². The Labute approximate surface area is 131 Å². The maximum absolute atomic E-state index is 12.6. The molecule has 0 bridgehead atoms. The fourth-order valence-corrected chi connectivity index (χ4v) is 4.18. The fraction of sp³-hybridized carbons (Fsp3) is 0.812. The zero-order valence-electron chi connectivity index (χ0n) is 13.3. The van der Waals surface area contributed by atoms with Crippen LogP contribution in [0.5, 0.6) is 0 Å². The molecule has 1 aromatic rings. The summed E-state index contributed by atoms with van der Waals surface area (Å²) in [5.74, 6) is 0.401. The molecule has 1 aliphatic carbocycles. The van der Waals surface area contributed by atoms with Crippen molar-refractivity contribution >= 4 is 5.91 Å². The molecular weight excluding hydrogens is 280 g/mol. The van der Waals surface area contributed by atoms with Crippen LogP contribution in [-0.2, 0) is 11.3 Å². The van der Waals surface area contributed by atoms with Crippen LogP contribution in [0.3, 0.4) is 0 Å². The van der Waals surface area contributed by atoms with E-state index in [0.29, 0.717) is 13.0 Å². The van der Waals surface area contributed by atoms with Gasteiger partial charge in [-0.15, -0.1) is 5.10 Å². The molecule has 3 atom stereocenters. The van der Waals surface area contributed by atoms with E-state index in [-0.39, 0.29) is 17.9 Å². The largest absolute Gasteiger partial charge is 0.390 e. The second-order valence-corrected chi connectivity index (χ2v) is 6.92. The monoisotopic (exact) mass is 306 g/mol. The number of aliphatic hydroxyl groups is 1. The number of carbonyl (C=O) groups is 1. The molecule has 1 N–H and O–H groups in total. The first kappa shape index (κ1) is 15.5. The minimum Gasteiger partial charge on any atom is -0.390 e. The van der Waals surface area contributed by atoms with Crippen LogP contribution >= 0.6 is 0 Å². The van der Waals surface area contributed by atoms with Crippen LogP contribution in [0.2, 0.25) is 0 Å². The van der Waals surface area contributed by atoms with Crippen LogP contribution in [0.25, 0.3) is 0 Å². The summed E-state index contributed by atoms with van der Waals surface area (Å²) >= 11 is 0. The summed E-state index contributed by atoms with van der Waals surface area (Å²) in [6.07, 6.45) is 10.1. The molecule has 1 aromatic heterocycles. The zero-order chi connectivity index (χ0) is 15.6. The van der Waals surface area contributed by atoms with Crippen molar-refractivity contribution in [2.24, 2.45) is 5.92 Å². The Morgan fingerprint density at radius 1 is 1.36 bits per heavy atom. The van der Waals surface area contributed by atoms with Crippen molar-refractivity contribution in [3.8, 4) is 0 Å². The lowest BCUT2D eigenvalue weighted by molar-refractivity contribution is -0.136. The normalized spacial score (nSPS) is 32.4. The van der Waals surface area contributed by atoms with Gasteiger partial charge in [0.15, 0.2) is 0 Å². The van der Waals surface area contributed by atoms with Crippen LogP contribution in [0, 0.1) is 5.92 Å². The molecule has 1 saturated heterocycles. The van der Waals surface area contributed by atoms with Gasteiger partial charge in [-0.2, -0.15) is 0 Å². The predicted molar refractivity (Wildman–Crippen MR) is 82.0 cm³/mol. The van der Waals surface area contributed by atoms with Crippen molar-refractivity contribution in [1.29, 1.82) is 0 Å². The lowest BCUT2D eigenvalue weighted by atomic mass is 9.72. The highest BCUT2D eigenvalue weighted by molar-refractivity contribution is 5.76. The van der Waals surface area contributed by atoms with Crippen molar-refractivity contribution in [2.45, 2.75) is 70.1 Å². The Balaban J connectivity index is 1.63. The number of carbonyl (C=O) groups excluding carboxylic acids is 1. The Morgan fingerprint density at radius 2 is 2.23 bits per heavy atom. The number of aryl methyl sites for hydroxylation is 1. The highest BCUT2D eigenvalue weighted by Gasteiger charge is 2.44. The molecule has 0 aromatic carbocycles. The number of nitrogens with zero attached hydrogens (tertiary/aromatic N) is 4. The first-order valence-corrected chi connectivity index (χ1v) is 8.44. The van der Waals surface area contributed by atoms with Crippen molar-refractivity contribution in [3.63, 3.8) is 0 Å². The van der Waals surface area contributed by atoms with E-state index >= 15 is 0 Å². The van der Waals surface area contributed by atoms with Crippen molar-refractivity contribution in [2.75, 3.05) is 6.54 Å². The Morgan fingerprint density at radius 3 is 2.95 bits per heavy atom. The van der Waals surface area contributed by atoms with Gasteiger partial charge < -0.3 is 10.0 Å². The average Bonchev–Trinajstić information content (AvgIpc) is 3.15. The fourth-order valence-electron chi connectivity index (χ4n) is 4.18. The molecule has 0 spiro atoms. The number of likely N-dealkylation sites (tertiary alicyclic amines) is 1. The third-order valence-electron chi connectivity index (χ3n) is 5.36. The van der Waals surface area contributed by atoms with E-state index in [1.165, 1.54) is 0 Å². The molecule has 6 nitrogen and oxygen atoms in total. The molecule has 22 heavy (non-hydrogen) atoms. The Bertz CT molecular complexity index is 500. The summed E-state index contributed by atoms with van der Waals surface area (Å²) in [4.78, 5) is 14.6. The van der Waals surface area contributed by atoms with Gasteiger partial charge in [-0.25, -0.2) is 0 Å². The van der Waals surface area contributed by atoms with Gasteiger partial charge in [-0.05, 0) is 32.6 Å². The molecule has 6 heteroatoms. The number of rotatable bonds is 4. The first-order valence-electron chi connectivity index (χ1n) is 8.44. The van der Waals surface area contributed by atoms with E-state index in [4.69, 9.17) is 0 Å². The number of amides is 1. The summed E-state index contributed by atoms with van der Waals surface area (Å²) in [6, 6.07) is 0.207. The van der Waals surface area contributed by atoms with E-state index < -0.39 is 5.60 Å². The zero-order valence-corrected chi connectivity index (χ0v) is 13.3. The van der Waals surface area contributed by atoms with Crippen molar-refractivity contribution < 1.29 is 9.90 Å². The molecule has 2 heterocycles. The summed E-state index contributed by atoms with van der Waals surface area (Å²) < 4.78 is 1.69. The maximum Gasteiger partial charge on any atom is 0.224 e. The van der Waals surface area contributed by atoms with Gasteiger partial charge in [0.1, 0.15) is 0 Å². The second kappa shape index (κ2) is 6.36. The number of hydrogen-bond donors (Lipinski definition) is 1. The van der Waals surface area contributed by atoms with Gasteiger partial charge >= 0.3 is 0 Å². The van der Waals surface area contributed by atoms with Gasteiger partial charge in [0.25, 0.3) is 0 Å². The third-order valence-corrected chi connectivity index (χ3v) is 5.36. The van der Waals surface area contributed by atoms with Gasteiger partial charge in [0, 0.05) is 31.1 Å². The molecule has 3 rings (SSSR count). The molecule has 122 valence electrons. The smallest absolute Gasteiger partial charge is 0.224 e. The minimum atomic E-state index is -0.627. The molecular formula is C16H26N4O2. The van der Waals surface area contributed by atoms with Gasteiger partial charge in [-0.3, -0.25) is 9.48 Å². The molecule has 2 fully saturated rings. The third kappa shape index (κ3) is 3.16. The summed E-state index contributed by atoms with van der Waals surface area (Å²) in [5, 5.41) is 18.4. The van der Waals surface area contributed by atoms with E-state index in [1.54, 1.807) is 17.1 Å². The first-order chi connectivity index (χ1) is 10.6. The summed E-state index contributed by atoms with van der Waals surface area (Å²) in [5.41, 5.74) is -0.627. The van der Waals surface area contributed by atoms with Crippen LogP contribution in [0.4, 0.5) is 0 Å². The molecule has 1 aliphatic heterocycles. The molecule has 2 aliphatic rings. The second-order valence-electron chi connectivity index (χ2n) is 6.92. The Kier molecular flexibility index (Phi) is 4.47. The highest BCUT2D eigenvalue weighted by Crippen LogP contribution is 2.40. The lowest BCUT2D eigenvalue weighted by Gasteiger charge is -2.43. The quantitative estimate of drug-likeness (QED) is 0.917. The highest BCUT2D eigenvalue weighted by atomic mass is 16.3. The predicted octanol–water partition coefficient (Wildman–Crippen LogP) is 1.60. The van der Waals surface area contributed by atoms with Crippen LogP contribution in [0.1, 0.15) is 51.9 Å². The van der Waals surface area contributed by atoms with Gasteiger partial charge in [0.05, 0.1) is 18.3 Å². The Hall–Kier alpha value is -1.43. The van der Waals surface area contributed by atoms with Crippen LogP contribution in [0.15, 0.2) is 12.4 Å². The maximum atomic E-state index is 12.6. The topological polar surface area (TPSA) is 71.2 Å². The van der Waals surface area contributed by atoms with E-state index in [2.05, 4.69) is 10.3 Å². The number of aromatic nitrogens is 3. The van der Waals surface area contributed by atoms with Crippen LogP contribution < -0.4 is 0 Å². The van der Waals surface area contributed by atoms with E-state index in [0.717, 1.165) is 45.1 Å².